The van der Waals surface area contributed by atoms with Gasteiger partial charge in [0, 0.05) is 30.3 Å². The second kappa shape index (κ2) is 5.23. The number of amides is 1. The normalized spacial score (nSPS) is 22.8. The van der Waals surface area contributed by atoms with Crippen LogP contribution in [0.5, 0.6) is 0 Å². The van der Waals surface area contributed by atoms with E-state index in [1.165, 1.54) is 16.2 Å². The number of hydrogen-bond acceptors (Lipinski definition) is 4. The molecule has 18 heavy (non-hydrogen) atoms. The molecule has 1 aromatic rings. The standard InChI is InChI=1S/C13H18N2OS2/c1-15(10-2-4-14-7-10)13(16)12-6-9-8-17-5-3-11(9)18-12/h6,10,14H,2-5,7-8H2,1H3. The summed E-state index contributed by atoms with van der Waals surface area (Å²) in [7, 11) is 1.94. The minimum atomic E-state index is 0.202. The van der Waals surface area contributed by atoms with Crippen LogP contribution in [-0.2, 0) is 12.2 Å². The van der Waals surface area contributed by atoms with E-state index in [2.05, 4.69) is 11.4 Å². The molecule has 5 heteroatoms. The molecule has 1 fully saturated rings. The summed E-state index contributed by atoms with van der Waals surface area (Å²) in [5.74, 6) is 2.48. The highest BCUT2D eigenvalue weighted by molar-refractivity contribution is 7.98. The van der Waals surface area contributed by atoms with E-state index < -0.39 is 0 Å². The lowest BCUT2D eigenvalue weighted by Crippen LogP contribution is -2.37. The van der Waals surface area contributed by atoms with Gasteiger partial charge in [-0.2, -0.15) is 11.8 Å². The molecule has 3 rings (SSSR count). The smallest absolute Gasteiger partial charge is 0.263 e. The largest absolute Gasteiger partial charge is 0.337 e. The predicted molar refractivity (Wildman–Crippen MR) is 77.6 cm³/mol. The summed E-state index contributed by atoms with van der Waals surface area (Å²) < 4.78 is 0. The van der Waals surface area contributed by atoms with Gasteiger partial charge >= 0.3 is 0 Å². The lowest BCUT2D eigenvalue weighted by atomic mass is 10.2. The van der Waals surface area contributed by atoms with Gasteiger partial charge in [-0.25, -0.2) is 0 Å². The van der Waals surface area contributed by atoms with Crippen molar-refractivity contribution in [3.8, 4) is 0 Å². The molecule has 1 amide bonds. The fourth-order valence-electron chi connectivity index (χ4n) is 2.56. The lowest BCUT2D eigenvalue weighted by molar-refractivity contribution is 0.0748. The van der Waals surface area contributed by atoms with E-state index in [0.29, 0.717) is 6.04 Å². The monoisotopic (exact) mass is 282 g/mol. The number of carbonyl (C=O) groups excluding carboxylic acids is 1. The SMILES string of the molecule is CN(C(=O)c1cc2c(s1)CCSC2)C1CCNC1. The van der Waals surface area contributed by atoms with Crippen LogP contribution in [0.4, 0.5) is 0 Å². The van der Waals surface area contributed by atoms with Gasteiger partial charge in [-0.05, 0) is 36.8 Å². The second-order valence-electron chi connectivity index (χ2n) is 4.92. The third-order valence-electron chi connectivity index (χ3n) is 3.74. The zero-order valence-electron chi connectivity index (χ0n) is 10.6. The molecule has 3 nitrogen and oxygen atoms in total. The Kier molecular flexibility index (Phi) is 3.63. The first-order valence-corrected chi connectivity index (χ1v) is 8.40. The Bertz CT molecular complexity index is 428. The van der Waals surface area contributed by atoms with E-state index in [0.717, 1.165) is 36.6 Å². The van der Waals surface area contributed by atoms with E-state index in [4.69, 9.17) is 0 Å². The van der Waals surface area contributed by atoms with Crippen molar-refractivity contribution in [3.05, 3.63) is 21.4 Å². The van der Waals surface area contributed by atoms with Crippen LogP contribution in [0.2, 0.25) is 0 Å². The van der Waals surface area contributed by atoms with Crippen LogP contribution in [0, 0.1) is 0 Å². The first-order chi connectivity index (χ1) is 8.75. The van der Waals surface area contributed by atoms with Gasteiger partial charge in [0.2, 0.25) is 0 Å². The maximum absolute atomic E-state index is 12.5. The Morgan fingerprint density at radius 2 is 2.44 bits per heavy atom. The molecule has 0 bridgehead atoms. The van der Waals surface area contributed by atoms with Crippen molar-refractivity contribution >= 4 is 29.0 Å². The molecule has 1 aromatic heterocycles. The maximum Gasteiger partial charge on any atom is 0.263 e. The Labute approximate surface area is 116 Å². The Hall–Kier alpha value is -0.520. The van der Waals surface area contributed by atoms with Gasteiger partial charge in [0.15, 0.2) is 0 Å². The highest BCUT2D eigenvalue weighted by atomic mass is 32.2. The molecule has 0 spiro atoms. The average Bonchev–Trinajstić information content (AvgIpc) is 3.05. The van der Waals surface area contributed by atoms with Gasteiger partial charge < -0.3 is 10.2 Å². The van der Waals surface area contributed by atoms with Crippen LogP contribution >= 0.6 is 23.1 Å². The molecule has 98 valence electrons. The summed E-state index contributed by atoms with van der Waals surface area (Å²) in [6, 6.07) is 2.49. The van der Waals surface area contributed by atoms with Crippen LogP contribution in [0.3, 0.4) is 0 Å². The number of thiophene rings is 1. The van der Waals surface area contributed by atoms with Crippen LogP contribution < -0.4 is 5.32 Å². The number of aryl methyl sites for hydroxylation is 1. The van der Waals surface area contributed by atoms with E-state index in [-0.39, 0.29) is 5.91 Å². The molecule has 0 saturated carbocycles. The van der Waals surface area contributed by atoms with Crippen molar-refractivity contribution in [2.24, 2.45) is 0 Å². The lowest BCUT2D eigenvalue weighted by Gasteiger charge is -2.23. The number of likely N-dealkylation sites (N-methyl/N-ethyl adjacent to an activating group) is 1. The summed E-state index contributed by atoms with van der Waals surface area (Å²) in [4.78, 5) is 16.7. The molecule has 1 N–H and O–H groups in total. The molecule has 0 aromatic carbocycles. The van der Waals surface area contributed by atoms with Crippen molar-refractivity contribution in [2.45, 2.75) is 24.6 Å². The summed E-state index contributed by atoms with van der Waals surface area (Å²) in [5, 5.41) is 3.31. The third-order valence-corrected chi connectivity index (χ3v) is 5.97. The summed E-state index contributed by atoms with van der Waals surface area (Å²) in [6.07, 6.45) is 2.20. The quantitative estimate of drug-likeness (QED) is 0.900. The Morgan fingerprint density at radius 3 is 3.17 bits per heavy atom. The predicted octanol–water partition coefficient (Wildman–Crippen LogP) is 1.97. The molecular formula is C13H18N2OS2. The maximum atomic E-state index is 12.5. The summed E-state index contributed by atoms with van der Waals surface area (Å²) in [5.41, 5.74) is 1.39. The Morgan fingerprint density at radius 1 is 1.56 bits per heavy atom. The van der Waals surface area contributed by atoms with Gasteiger partial charge in [-0.1, -0.05) is 0 Å². The van der Waals surface area contributed by atoms with E-state index in [1.54, 1.807) is 11.3 Å². The zero-order valence-corrected chi connectivity index (χ0v) is 12.2. The Balaban J connectivity index is 1.77. The van der Waals surface area contributed by atoms with E-state index in [9.17, 15) is 4.79 Å². The fourth-order valence-corrected chi connectivity index (χ4v) is 4.92. The van der Waals surface area contributed by atoms with Crippen molar-refractivity contribution in [3.63, 3.8) is 0 Å². The molecule has 1 unspecified atom stereocenters. The topological polar surface area (TPSA) is 32.3 Å². The van der Waals surface area contributed by atoms with Crippen LogP contribution in [0.15, 0.2) is 6.07 Å². The highest BCUT2D eigenvalue weighted by Gasteiger charge is 2.26. The van der Waals surface area contributed by atoms with Crippen molar-refractivity contribution < 1.29 is 4.79 Å². The first kappa shape index (κ1) is 12.5. The molecule has 3 heterocycles. The summed E-state index contributed by atoms with van der Waals surface area (Å²) in [6.45, 7) is 1.96. The second-order valence-corrected chi connectivity index (χ2v) is 7.17. The van der Waals surface area contributed by atoms with Gasteiger partial charge in [0.05, 0.1) is 4.88 Å². The van der Waals surface area contributed by atoms with Crippen molar-refractivity contribution in [1.29, 1.82) is 0 Å². The molecule has 2 aliphatic heterocycles. The number of fused-ring (bicyclic) bond motifs is 1. The number of rotatable bonds is 2. The minimum Gasteiger partial charge on any atom is -0.337 e. The molecule has 2 aliphatic rings. The van der Waals surface area contributed by atoms with Crippen LogP contribution in [0.25, 0.3) is 0 Å². The number of carbonyl (C=O) groups is 1. The van der Waals surface area contributed by atoms with Crippen molar-refractivity contribution in [2.75, 3.05) is 25.9 Å². The van der Waals surface area contributed by atoms with Gasteiger partial charge in [-0.15, -0.1) is 11.3 Å². The molecule has 0 radical (unpaired) electrons. The van der Waals surface area contributed by atoms with Crippen LogP contribution in [0.1, 0.15) is 26.5 Å². The van der Waals surface area contributed by atoms with Crippen molar-refractivity contribution in [1.82, 2.24) is 10.2 Å². The number of hydrogen-bond donors (Lipinski definition) is 1. The molecular weight excluding hydrogens is 264 g/mol. The molecule has 1 saturated heterocycles. The third kappa shape index (κ3) is 2.31. The van der Waals surface area contributed by atoms with E-state index in [1.807, 2.05) is 23.7 Å². The van der Waals surface area contributed by atoms with Gasteiger partial charge in [0.1, 0.15) is 0 Å². The molecule has 1 atom stereocenters. The number of nitrogens with one attached hydrogen (secondary N) is 1. The van der Waals surface area contributed by atoms with Gasteiger partial charge in [0.25, 0.3) is 5.91 Å². The zero-order chi connectivity index (χ0) is 12.5. The van der Waals surface area contributed by atoms with E-state index >= 15 is 0 Å². The van der Waals surface area contributed by atoms with Crippen LogP contribution in [-0.4, -0.2) is 42.7 Å². The van der Waals surface area contributed by atoms with Gasteiger partial charge in [-0.3, -0.25) is 4.79 Å². The highest BCUT2D eigenvalue weighted by Crippen LogP contribution is 2.32. The fraction of sp³-hybridized carbons (Fsp3) is 0.615. The number of thioether (sulfide) groups is 1. The molecule has 0 aliphatic carbocycles. The first-order valence-electron chi connectivity index (χ1n) is 6.43. The average molecular weight is 282 g/mol. The summed E-state index contributed by atoms with van der Waals surface area (Å²) >= 11 is 3.67. The minimum absolute atomic E-state index is 0.202. The number of nitrogens with zero attached hydrogens (tertiary/aromatic N) is 1.